The second-order valence-electron chi connectivity index (χ2n) is 8.45. The smallest absolute Gasteiger partial charge is 0.343 e. The fourth-order valence-corrected chi connectivity index (χ4v) is 3.98. The molecule has 1 aliphatic heterocycles. The highest BCUT2D eigenvalue weighted by atomic mass is 16.6. The van der Waals surface area contributed by atoms with Gasteiger partial charge in [0.15, 0.2) is 17.5 Å². The summed E-state index contributed by atoms with van der Waals surface area (Å²) in [4.78, 5) is 65.5. The number of nitrogens with zero attached hydrogens (tertiary/aromatic N) is 2. The first-order chi connectivity index (χ1) is 18.5. The highest BCUT2D eigenvalue weighted by Gasteiger charge is 2.35. The Morgan fingerprint density at radius 1 is 1.05 bits per heavy atom. The Hall–Kier alpha value is -5.14. The molecule has 0 aromatic heterocycles. The molecule has 0 bridgehead atoms. The van der Waals surface area contributed by atoms with Crippen molar-refractivity contribution < 1.29 is 48.8 Å². The van der Waals surface area contributed by atoms with Crippen molar-refractivity contribution in [2.75, 3.05) is 13.2 Å². The Labute approximate surface area is 221 Å². The number of guanidine groups is 1. The largest absolute Gasteiger partial charge is 0.489 e. The Balaban J connectivity index is 2.02. The van der Waals surface area contributed by atoms with Crippen molar-refractivity contribution in [1.29, 1.82) is 0 Å². The zero-order chi connectivity index (χ0) is 28.7. The number of carbonyl (C=O) groups excluding carboxylic acids is 2. The first-order valence-corrected chi connectivity index (χ1v) is 11.7. The molecule has 0 saturated carbocycles. The van der Waals surface area contributed by atoms with Gasteiger partial charge in [-0.25, -0.2) is 14.6 Å². The average Bonchev–Trinajstić information content (AvgIpc) is 2.85. The number of fused-ring (bicyclic) bond motifs is 2. The van der Waals surface area contributed by atoms with Crippen LogP contribution in [0.4, 0.5) is 5.69 Å². The van der Waals surface area contributed by atoms with Gasteiger partial charge in [0.2, 0.25) is 0 Å². The van der Waals surface area contributed by atoms with E-state index >= 15 is 0 Å². The Morgan fingerprint density at radius 2 is 1.79 bits per heavy atom. The number of aliphatic carboxylic acids is 3. The van der Waals surface area contributed by atoms with Crippen LogP contribution in [0, 0.1) is 0 Å². The van der Waals surface area contributed by atoms with Crippen LogP contribution in [0.25, 0.3) is 0 Å². The van der Waals surface area contributed by atoms with E-state index in [1.54, 1.807) is 6.07 Å². The van der Waals surface area contributed by atoms with Crippen LogP contribution >= 0.6 is 0 Å². The maximum absolute atomic E-state index is 13.5. The van der Waals surface area contributed by atoms with Gasteiger partial charge in [-0.3, -0.25) is 14.4 Å². The van der Waals surface area contributed by atoms with Crippen molar-refractivity contribution in [3.8, 4) is 11.5 Å². The molecule has 14 nitrogen and oxygen atoms in total. The van der Waals surface area contributed by atoms with Crippen molar-refractivity contribution in [1.82, 2.24) is 4.90 Å². The van der Waals surface area contributed by atoms with Crippen LogP contribution < -0.4 is 20.9 Å². The number of nitrogens with two attached hydrogens (primary N) is 2. The first-order valence-electron chi connectivity index (χ1n) is 11.7. The summed E-state index contributed by atoms with van der Waals surface area (Å²) in [7, 11) is 0. The lowest BCUT2D eigenvalue weighted by Gasteiger charge is -2.29. The molecule has 0 saturated heterocycles. The van der Waals surface area contributed by atoms with E-state index in [1.165, 1.54) is 30.3 Å². The lowest BCUT2D eigenvalue weighted by molar-refractivity contribution is -0.149. The van der Waals surface area contributed by atoms with Gasteiger partial charge < -0.3 is 41.2 Å². The van der Waals surface area contributed by atoms with Crippen LogP contribution in [0.5, 0.6) is 11.5 Å². The highest BCUT2D eigenvalue weighted by Crippen LogP contribution is 2.35. The van der Waals surface area contributed by atoms with Crippen LogP contribution in [0.3, 0.4) is 0 Å². The molecule has 2 aromatic rings. The summed E-state index contributed by atoms with van der Waals surface area (Å²) in [6.07, 6.45) is -0.871. The van der Waals surface area contributed by atoms with E-state index < -0.39 is 55.2 Å². The Kier molecular flexibility index (Phi) is 9.04. The maximum Gasteiger partial charge on any atom is 0.343 e. The summed E-state index contributed by atoms with van der Waals surface area (Å²) in [5.41, 5.74) is 11.9. The van der Waals surface area contributed by atoms with E-state index in [0.717, 1.165) is 0 Å². The topological polar surface area (TPSA) is 232 Å². The van der Waals surface area contributed by atoms with Gasteiger partial charge in [0.25, 0.3) is 5.91 Å². The minimum Gasteiger partial charge on any atom is -0.489 e. The molecule has 3 rings (SSSR count). The van der Waals surface area contributed by atoms with Crippen molar-refractivity contribution in [3.05, 3.63) is 53.1 Å². The predicted molar refractivity (Wildman–Crippen MR) is 134 cm³/mol. The summed E-state index contributed by atoms with van der Waals surface area (Å²) in [5.74, 6) is -6.70. The molecule has 1 amide bonds. The number of amides is 1. The molecule has 2 aromatic carbocycles. The number of carboxylic acid groups (broad SMARTS) is 3. The Morgan fingerprint density at radius 3 is 2.44 bits per heavy atom. The fourth-order valence-electron chi connectivity index (χ4n) is 3.98. The summed E-state index contributed by atoms with van der Waals surface area (Å²) < 4.78 is 11.3. The molecule has 206 valence electrons. The van der Waals surface area contributed by atoms with Gasteiger partial charge in [-0.1, -0.05) is 6.07 Å². The number of aryl methyl sites for hydroxylation is 1. The van der Waals surface area contributed by atoms with Crippen LogP contribution in [0.2, 0.25) is 0 Å². The number of benzene rings is 2. The molecule has 1 atom stereocenters. The lowest BCUT2D eigenvalue weighted by atomic mass is 10.0. The van der Waals surface area contributed by atoms with Gasteiger partial charge in [-0.05, 0) is 48.7 Å². The number of carboxylic acids is 3. The molecule has 1 unspecified atom stereocenters. The third kappa shape index (κ3) is 7.21. The SMILES string of the molecule is NC(N)=Nc1ccc2c(c1)CCCOc1c(cccc1C(=O)N(CCC(=O)O)C(CC(=O)O)C(=O)O)OC2=O. The number of hydrogen-bond donors (Lipinski definition) is 5. The van der Waals surface area contributed by atoms with E-state index in [2.05, 4.69) is 4.99 Å². The zero-order valence-electron chi connectivity index (χ0n) is 20.5. The van der Waals surface area contributed by atoms with Crippen LogP contribution in [-0.4, -0.2) is 75.2 Å². The second-order valence-corrected chi connectivity index (χ2v) is 8.45. The van der Waals surface area contributed by atoms with E-state index in [4.69, 9.17) is 26.0 Å². The molecule has 39 heavy (non-hydrogen) atoms. The van der Waals surface area contributed by atoms with Gasteiger partial charge in [0.1, 0.15) is 6.04 Å². The number of aliphatic imine (C=N–C) groups is 1. The van der Waals surface area contributed by atoms with Gasteiger partial charge >= 0.3 is 23.9 Å². The molecule has 1 heterocycles. The minimum absolute atomic E-state index is 0.0490. The maximum atomic E-state index is 13.5. The quantitative estimate of drug-likeness (QED) is 0.129. The lowest BCUT2D eigenvalue weighted by Crippen LogP contribution is -2.47. The molecular formula is C25H26N4O10. The Bertz CT molecular complexity index is 1340. The summed E-state index contributed by atoms with van der Waals surface area (Å²) in [6, 6.07) is 6.80. The van der Waals surface area contributed by atoms with Crippen LogP contribution in [0.15, 0.2) is 41.4 Å². The molecule has 0 radical (unpaired) electrons. The van der Waals surface area contributed by atoms with Crippen LogP contribution in [0.1, 0.15) is 45.5 Å². The monoisotopic (exact) mass is 542 g/mol. The highest BCUT2D eigenvalue weighted by molar-refractivity contribution is 6.01. The molecule has 0 spiro atoms. The molecule has 0 fully saturated rings. The third-order valence-electron chi connectivity index (χ3n) is 5.67. The third-order valence-corrected chi connectivity index (χ3v) is 5.67. The summed E-state index contributed by atoms with van der Waals surface area (Å²) >= 11 is 0. The summed E-state index contributed by atoms with van der Waals surface area (Å²) in [5, 5.41) is 27.9. The molecule has 1 aliphatic rings. The van der Waals surface area contributed by atoms with Gasteiger partial charge in [0.05, 0.1) is 36.3 Å². The number of carbonyl (C=O) groups is 5. The molecule has 14 heteroatoms. The number of hydrogen-bond acceptors (Lipinski definition) is 8. The zero-order valence-corrected chi connectivity index (χ0v) is 20.5. The fraction of sp³-hybridized carbons (Fsp3) is 0.280. The van der Waals surface area contributed by atoms with E-state index in [9.17, 15) is 34.2 Å². The number of ether oxygens (including phenoxy) is 2. The van der Waals surface area contributed by atoms with Crippen molar-refractivity contribution in [3.63, 3.8) is 0 Å². The molecule has 0 aliphatic carbocycles. The normalized spacial score (nSPS) is 13.4. The molecular weight excluding hydrogens is 516 g/mol. The van der Waals surface area contributed by atoms with Gasteiger partial charge in [-0.15, -0.1) is 0 Å². The summed E-state index contributed by atoms with van der Waals surface area (Å²) in [6.45, 7) is -0.541. The van der Waals surface area contributed by atoms with Crippen molar-refractivity contribution in [2.24, 2.45) is 16.5 Å². The van der Waals surface area contributed by atoms with E-state index in [0.29, 0.717) is 29.0 Å². The van der Waals surface area contributed by atoms with Gasteiger partial charge in [0, 0.05) is 6.54 Å². The average molecular weight is 543 g/mol. The van der Waals surface area contributed by atoms with Crippen molar-refractivity contribution >= 4 is 41.4 Å². The van der Waals surface area contributed by atoms with E-state index in [1.807, 2.05) is 0 Å². The number of esters is 1. The van der Waals surface area contributed by atoms with Crippen molar-refractivity contribution in [2.45, 2.75) is 31.7 Å². The minimum atomic E-state index is -1.86. The standard InChI is InChI=1S/C25H26N4O10/c26-25(27)28-14-6-7-15-13(11-14)3-2-10-38-21-16(4-1-5-18(21)39-24(15)37)22(34)29(9-8-19(30)31)17(23(35)36)12-20(32)33/h1,4-7,11,17H,2-3,8-10,12H2,(H,30,31)(H,32,33)(H,35,36)(H4,26,27,28). The van der Waals surface area contributed by atoms with Gasteiger partial charge in [-0.2, -0.15) is 0 Å². The number of rotatable bonds is 9. The van der Waals surface area contributed by atoms with Crippen LogP contribution in [-0.2, 0) is 20.8 Å². The predicted octanol–water partition coefficient (Wildman–Crippen LogP) is 0.981. The van der Waals surface area contributed by atoms with E-state index in [-0.39, 0.29) is 35.2 Å². The molecule has 7 N–H and O–H groups in total. The second kappa shape index (κ2) is 12.4. The number of para-hydroxylation sites is 1. The first kappa shape index (κ1) is 28.4.